The standard InChI is InChI=1S/C44H52BrFN11O4P/c1-27-22-35(51-43-49-25-31(45)42(53-43)50-34-8-7-33-40(48-16-15-47-33)41(34)62(4,5)60)38(61-3)24-37(27)56-19-12-29(13-20-56)54(2)26-28-10-17-55(18-11-28)36-9-6-30(23-32(36)46)57-21-14-39(58)52-44(57)59/h6-9,15-16,22-25,28-29H,10-14,17-21,26H2,1-5H3,(H,52,58,59)(H2,49,50,51,53). The number of imide groups is 1. The van der Waals surface area contributed by atoms with E-state index in [0.29, 0.717) is 67.3 Å². The Bertz CT molecular complexity index is 2540. The molecular weight excluding hydrogens is 876 g/mol. The number of halogens is 2. The Balaban J connectivity index is 0.859. The molecule has 0 bridgehead atoms. The molecule has 0 unspecified atom stereocenters. The molecule has 0 aliphatic carbocycles. The highest BCUT2D eigenvalue weighted by Crippen LogP contribution is 2.42. The molecule has 0 radical (unpaired) electrons. The van der Waals surface area contributed by atoms with E-state index < -0.39 is 13.2 Å². The molecule has 3 aromatic carbocycles. The molecule has 18 heteroatoms. The summed E-state index contributed by atoms with van der Waals surface area (Å²) < 4.78 is 35.4. The van der Waals surface area contributed by atoms with Crippen LogP contribution < -0.4 is 40.7 Å². The molecule has 5 heterocycles. The number of rotatable bonds is 12. The molecule has 0 atom stereocenters. The molecule has 3 N–H and O–H groups in total. The fourth-order valence-corrected chi connectivity index (χ4v) is 10.6. The first-order chi connectivity index (χ1) is 29.7. The van der Waals surface area contributed by atoms with Gasteiger partial charge in [-0.1, -0.05) is 0 Å². The molecule has 2 aromatic heterocycles. The number of fused-ring (bicyclic) bond motifs is 1. The van der Waals surface area contributed by atoms with Gasteiger partial charge in [-0.05, 0) is 117 Å². The monoisotopic (exact) mass is 927 g/mol. The van der Waals surface area contributed by atoms with E-state index in [1.165, 1.54) is 11.0 Å². The Labute approximate surface area is 369 Å². The number of amides is 3. The van der Waals surface area contributed by atoms with Crippen LogP contribution in [0, 0.1) is 18.7 Å². The average molecular weight is 929 g/mol. The van der Waals surface area contributed by atoms with E-state index in [9.17, 15) is 14.2 Å². The van der Waals surface area contributed by atoms with Crippen molar-refractivity contribution in [3.63, 3.8) is 0 Å². The molecule has 8 rings (SSSR count). The molecule has 326 valence electrons. The summed E-state index contributed by atoms with van der Waals surface area (Å²) in [5, 5.41) is 9.62. The summed E-state index contributed by atoms with van der Waals surface area (Å²) in [6.45, 7) is 10.2. The summed E-state index contributed by atoms with van der Waals surface area (Å²) in [5.41, 5.74) is 5.87. The summed E-state index contributed by atoms with van der Waals surface area (Å²) in [6, 6.07) is 12.7. The number of benzene rings is 3. The Morgan fingerprint density at radius 3 is 2.35 bits per heavy atom. The third kappa shape index (κ3) is 9.35. The summed E-state index contributed by atoms with van der Waals surface area (Å²) in [5.74, 6) is 1.39. The zero-order valence-electron chi connectivity index (χ0n) is 35.6. The molecule has 0 saturated carbocycles. The van der Waals surface area contributed by atoms with E-state index in [0.717, 1.165) is 75.3 Å². The second kappa shape index (κ2) is 18.1. The molecule has 0 spiro atoms. The van der Waals surface area contributed by atoms with Crippen LogP contribution in [0.5, 0.6) is 5.75 Å². The molecule has 3 aliphatic heterocycles. The third-order valence-corrected chi connectivity index (χ3v) is 14.3. The van der Waals surface area contributed by atoms with Crippen LogP contribution in [0.3, 0.4) is 0 Å². The van der Waals surface area contributed by atoms with Gasteiger partial charge in [0.1, 0.15) is 30.0 Å². The first-order valence-corrected chi connectivity index (χ1v) is 24.3. The minimum atomic E-state index is -2.78. The van der Waals surface area contributed by atoms with Gasteiger partial charge in [-0.3, -0.25) is 25.0 Å². The molecule has 3 amide bonds. The van der Waals surface area contributed by atoms with Crippen LogP contribution in [0.4, 0.5) is 49.4 Å². The van der Waals surface area contributed by atoms with Gasteiger partial charge in [0.05, 0.1) is 39.5 Å². The quantitative estimate of drug-likeness (QED) is 0.105. The number of carbonyl (C=O) groups is 2. The number of hydrogen-bond donors (Lipinski definition) is 3. The van der Waals surface area contributed by atoms with Crippen LogP contribution in [0.25, 0.3) is 11.0 Å². The first kappa shape index (κ1) is 43.3. The van der Waals surface area contributed by atoms with Gasteiger partial charge in [-0.25, -0.2) is 14.2 Å². The number of methoxy groups -OCH3 is 1. The maximum Gasteiger partial charge on any atom is 0.328 e. The second-order valence-corrected chi connectivity index (χ2v) is 20.7. The van der Waals surface area contributed by atoms with Crippen LogP contribution in [0.2, 0.25) is 0 Å². The maximum atomic E-state index is 15.3. The molecule has 3 aliphatic rings. The topological polar surface area (TPSA) is 161 Å². The van der Waals surface area contributed by atoms with Crippen molar-refractivity contribution in [3.05, 3.63) is 76.9 Å². The van der Waals surface area contributed by atoms with Crippen LogP contribution in [-0.2, 0) is 9.36 Å². The number of piperidine rings is 2. The predicted molar refractivity (Wildman–Crippen MR) is 247 cm³/mol. The maximum absolute atomic E-state index is 15.3. The lowest BCUT2D eigenvalue weighted by Crippen LogP contribution is -2.49. The van der Waals surface area contributed by atoms with Gasteiger partial charge in [0.25, 0.3) is 0 Å². The van der Waals surface area contributed by atoms with Crippen molar-refractivity contribution >= 4 is 91.6 Å². The van der Waals surface area contributed by atoms with Gasteiger partial charge < -0.3 is 34.6 Å². The Morgan fingerprint density at radius 2 is 1.65 bits per heavy atom. The van der Waals surface area contributed by atoms with Crippen molar-refractivity contribution in [1.82, 2.24) is 30.2 Å². The lowest BCUT2D eigenvalue weighted by molar-refractivity contribution is -0.120. The van der Waals surface area contributed by atoms with Crippen molar-refractivity contribution in [2.24, 2.45) is 5.92 Å². The van der Waals surface area contributed by atoms with Gasteiger partial charge in [-0.15, -0.1) is 0 Å². The number of anilines is 7. The van der Waals surface area contributed by atoms with Gasteiger partial charge in [0, 0.05) is 87.8 Å². The minimum absolute atomic E-state index is 0.196. The number of aromatic nitrogens is 4. The Hall–Kier alpha value is -5.38. The van der Waals surface area contributed by atoms with E-state index in [1.54, 1.807) is 51.2 Å². The predicted octanol–water partition coefficient (Wildman–Crippen LogP) is 7.64. The third-order valence-electron chi connectivity index (χ3n) is 12.1. The van der Waals surface area contributed by atoms with E-state index in [2.05, 4.69) is 87.6 Å². The summed E-state index contributed by atoms with van der Waals surface area (Å²) in [4.78, 5) is 50.5. The molecule has 15 nitrogen and oxygen atoms in total. The first-order valence-electron chi connectivity index (χ1n) is 20.9. The van der Waals surface area contributed by atoms with E-state index in [4.69, 9.17) is 9.72 Å². The second-order valence-electron chi connectivity index (χ2n) is 16.7. The molecule has 5 aromatic rings. The average Bonchev–Trinajstić information content (AvgIpc) is 3.25. The SMILES string of the molecule is COc1cc(N2CCC(N(C)CC3CCN(c4ccc(N5CCC(=O)NC5=O)cc4F)CC3)CC2)c(C)cc1Nc1ncc(Br)c(Nc2ccc3nccnc3c2P(C)(C)=O)n1. The van der Waals surface area contributed by atoms with Crippen molar-refractivity contribution < 1.29 is 23.3 Å². The van der Waals surface area contributed by atoms with E-state index in [-0.39, 0.29) is 24.7 Å². The highest BCUT2D eigenvalue weighted by Gasteiger charge is 2.30. The largest absolute Gasteiger partial charge is 0.494 e. The molecule has 3 fully saturated rings. The number of hydrogen-bond acceptors (Lipinski definition) is 13. The van der Waals surface area contributed by atoms with Crippen molar-refractivity contribution in [3.8, 4) is 5.75 Å². The normalized spacial score (nSPS) is 16.9. The van der Waals surface area contributed by atoms with Crippen LogP contribution >= 0.6 is 23.1 Å². The lowest BCUT2D eigenvalue weighted by atomic mass is 9.94. The zero-order chi connectivity index (χ0) is 43.7. The number of nitrogens with zero attached hydrogens (tertiary/aromatic N) is 8. The van der Waals surface area contributed by atoms with Gasteiger partial charge >= 0.3 is 6.03 Å². The van der Waals surface area contributed by atoms with Gasteiger partial charge in [0.2, 0.25) is 11.9 Å². The van der Waals surface area contributed by atoms with Gasteiger partial charge in [0.15, 0.2) is 0 Å². The Kier molecular flexibility index (Phi) is 12.7. The number of urea groups is 1. The van der Waals surface area contributed by atoms with Crippen LogP contribution in [-0.4, -0.2) is 110 Å². The van der Waals surface area contributed by atoms with Crippen LogP contribution in [0.15, 0.2) is 65.5 Å². The van der Waals surface area contributed by atoms with Crippen LogP contribution in [0.1, 0.15) is 37.7 Å². The minimum Gasteiger partial charge on any atom is -0.494 e. The summed E-state index contributed by atoms with van der Waals surface area (Å²) in [6.07, 6.45) is 9.12. The zero-order valence-corrected chi connectivity index (χ0v) is 38.1. The van der Waals surface area contributed by atoms with Crippen molar-refractivity contribution in [2.45, 2.75) is 45.1 Å². The number of ether oxygens (including phenoxy) is 1. The lowest BCUT2D eigenvalue weighted by Gasteiger charge is -2.41. The smallest absolute Gasteiger partial charge is 0.328 e. The molecular formula is C44H52BrFN11O4P. The van der Waals surface area contributed by atoms with Gasteiger partial charge in [-0.2, -0.15) is 4.98 Å². The summed E-state index contributed by atoms with van der Waals surface area (Å²) >= 11 is 3.58. The fraction of sp³-hybridized carbons (Fsp3) is 0.409. The number of aryl methyl sites for hydroxylation is 1. The highest BCUT2D eigenvalue weighted by atomic mass is 79.9. The number of nitrogens with one attached hydrogen (secondary N) is 3. The number of carbonyl (C=O) groups excluding carboxylic acids is 2. The molecule has 62 heavy (non-hydrogen) atoms. The molecule has 3 saturated heterocycles. The van der Waals surface area contributed by atoms with Crippen molar-refractivity contribution in [2.75, 3.05) is 92.1 Å². The van der Waals surface area contributed by atoms with E-state index in [1.807, 2.05) is 12.1 Å². The van der Waals surface area contributed by atoms with E-state index >= 15 is 4.39 Å². The van der Waals surface area contributed by atoms with Crippen molar-refractivity contribution in [1.29, 1.82) is 0 Å². The fourth-order valence-electron chi connectivity index (χ4n) is 8.91. The highest BCUT2D eigenvalue weighted by molar-refractivity contribution is 9.10. The summed E-state index contributed by atoms with van der Waals surface area (Å²) in [7, 11) is 1.12. The Morgan fingerprint density at radius 1 is 0.919 bits per heavy atom.